The fourth-order valence-electron chi connectivity index (χ4n) is 2.45. The number of para-hydroxylation sites is 1. The maximum atomic E-state index is 13.7. The molecule has 0 saturated heterocycles. The van der Waals surface area contributed by atoms with Crippen molar-refractivity contribution in [3.05, 3.63) is 59.4 Å². The van der Waals surface area contributed by atoms with Crippen molar-refractivity contribution in [2.45, 2.75) is 12.4 Å². The van der Waals surface area contributed by atoms with E-state index in [0.29, 0.717) is 22.6 Å². The van der Waals surface area contributed by atoms with Crippen molar-refractivity contribution in [1.29, 1.82) is 0 Å². The van der Waals surface area contributed by atoms with Crippen molar-refractivity contribution in [1.82, 2.24) is 0 Å². The molecule has 0 spiro atoms. The Morgan fingerprint density at radius 3 is 2.83 bits per heavy atom. The number of fused-ring (bicyclic) bond motifs is 1. The summed E-state index contributed by atoms with van der Waals surface area (Å²) < 4.78 is 36.4. The number of carbonyl (C=O) groups excluding carboxylic acids is 1. The zero-order valence-corrected chi connectivity index (χ0v) is 13.6. The normalized spacial score (nSPS) is 14.4. The number of amides is 1. The van der Waals surface area contributed by atoms with E-state index in [1.165, 1.54) is 12.1 Å². The van der Waals surface area contributed by atoms with Crippen LogP contribution in [0.15, 0.2) is 42.5 Å². The van der Waals surface area contributed by atoms with Crippen LogP contribution in [0.1, 0.15) is 11.1 Å². The molecule has 1 amide bonds. The molecule has 0 bridgehead atoms. The summed E-state index contributed by atoms with van der Waals surface area (Å²) in [5.74, 6) is -0.420. The fourth-order valence-corrected chi connectivity index (χ4v) is 3.48. The molecule has 0 unspecified atom stereocenters. The standard InChI is InChI=1S/C17H16FNO4S/c18-14-6-12-8-22-11-23-17(12)13(7-14)9-24(21)10-16(20)19-15-4-2-1-3-5-15/h1-7H,8-11H2,(H,19,20)/t24-/m0/s1. The lowest BCUT2D eigenvalue weighted by atomic mass is 10.1. The predicted octanol–water partition coefficient (Wildman–Crippen LogP) is 2.58. The first-order chi connectivity index (χ1) is 11.6. The van der Waals surface area contributed by atoms with Gasteiger partial charge in [0.05, 0.1) is 12.4 Å². The molecule has 126 valence electrons. The van der Waals surface area contributed by atoms with Crippen LogP contribution < -0.4 is 10.1 Å². The molecule has 1 heterocycles. The summed E-state index contributed by atoms with van der Waals surface area (Å²) in [6.45, 7) is 0.327. The largest absolute Gasteiger partial charge is 0.467 e. The number of anilines is 1. The van der Waals surface area contributed by atoms with Crippen LogP contribution in [0.4, 0.5) is 10.1 Å². The van der Waals surface area contributed by atoms with E-state index >= 15 is 0 Å². The first kappa shape index (κ1) is 16.6. The highest BCUT2D eigenvalue weighted by molar-refractivity contribution is 7.85. The molecule has 0 aromatic heterocycles. The predicted molar refractivity (Wildman–Crippen MR) is 88.5 cm³/mol. The number of nitrogens with one attached hydrogen (secondary N) is 1. The molecule has 1 aliphatic heterocycles. The first-order valence-electron chi connectivity index (χ1n) is 7.33. The fraction of sp³-hybridized carbons (Fsp3) is 0.235. The van der Waals surface area contributed by atoms with Crippen LogP contribution in [0.2, 0.25) is 0 Å². The number of hydrogen-bond acceptors (Lipinski definition) is 4. The average molecular weight is 349 g/mol. The van der Waals surface area contributed by atoms with E-state index in [1.54, 1.807) is 24.3 Å². The lowest BCUT2D eigenvalue weighted by Gasteiger charge is -2.20. The second-order valence-corrected chi connectivity index (χ2v) is 6.76. The van der Waals surface area contributed by atoms with Crippen LogP contribution >= 0.6 is 0 Å². The Bertz CT molecular complexity index is 767. The number of rotatable bonds is 5. The molecule has 0 saturated carbocycles. The van der Waals surface area contributed by atoms with E-state index in [-0.39, 0.29) is 30.8 Å². The molecule has 1 atom stereocenters. The van der Waals surface area contributed by atoms with Gasteiger partial charge in [0.2, 0.25) is 5.91 Å². The van der Waals surface area contributed by atoms with Gasteiger partial charge in [-0.05, 0) is 24.3 Å². The summed E-state index contributed by atoms with van der Waals surface area (Å²) in [5, 5.41) is 2.67. The van der Waals surface area contributed by atoms with Crippen LogP contribution in [0.3, 0.4) is 0 Å². The van der Waals surface area contributed by atoms with E-state index < -0.39 is 16.6 Å². The van der Waals surface area contributed by atoms with Crippen LogP contribution in [0, 0.1) is 5.82 Å². The average Bonchev–Trinajstić information content (AvgIpc) is 2.55. The Morgan fingerprint density at radius 2 is 2.04 bits per heavy atom. The van der Waals surface area contributed by atoms with Crippen LogP contribution in [-0.4, -0.2) is 22.7 Å². The number of carbonyl (C=O) groups is 1. The van der Waals surface area contributed by atoms with E-state index in [1.807, 2.05) is 6.07 Å². The van der Waals surface area contributed by atoms with E-state index in [2.05, 4.69) is 5.32 Å². The van der Waals surface area contributed by atoms with Crippen LogP contribution in [-0.2, 0) is 32.7 Å². The minimum Gasteiger partial charge on any atom is -0.467 e. The number of benzene rings is 2. The smallest absolute Gasteiger partial charge is 0.237 e. The molecule has 1 N–H and O–H groups in total. The monoisotopic (exact) mass is 349 g/mol. The zero-order chi connectivity index (χ0) is 16.9. The SMILES string of the molecule is O=C(C[S@@](=O)Cc1cc(F)cc2c1OCOC2)Nc1ccccc1. The molecule has 24 heavy (non-hydrogen) atoms. The Hall–Kier alpha value is -2.25. The summed E-state index contributed by atoms with van der Waals surface area (Å²) in [6.07, 6.45) is 0. The van der Waals surface area contributed by atoms with E-state index in [0.717, 1.165) is 0 Å². The van der Waals surface area contributed by atoms with Gasteiger partial charge in [-0.2, -0.15) is 0 Å². The molecular formula is C17H16FNO4S. The molecule has 0 aliphatic carbocycles. The summed E-state index contributed by atoms with van der Waals surface area (Å²) >= 11 is 0. The van der Waals surface area contributed by atoms with Crippen molar-refractivity contribution >= 4 is 22.4 Å². The summed E-state index contributed by atoms with van der Waals surface area (Å²) in [4.78, 5) is 11.9. The maximum absolute atomic E-state index is 13.7. The highest BCUT2D eigenvalue weighted by atomic mass is 32.2. The van der Waals surface area contributed by atoms with Crippen molar-refractivity contribution in [2.75, 3.05) is 17.9 Å². The van der Waals surface area contributed by atoms with Crippen molar-refractivity contribution < 1.29 is 22.9 Å². The van der Waals surface area contributed by atoms with Gasteiger partial charge in [-0.25, -0.2) is 4.39 Å². The van der Waals surface area contributed by atoms with E-state index in [9.17, 15) is 13.4 Å². The molecule has 0 radical (unpaired) electrons. The van der Waals surface area contributed by atoms with Crippen LogP contribution in [0.5, 0.6) is 5.75 Å². The third-order valence-corrected chi connectivity index (χ3v) is 4.63. The Morgan fingerprint density at radius 1 is 1.25 bits per heavy atom. The quantitative estimate of drug-likeness (QED) is 0.901. The highest BCUT2D eigenvalue weighted by Gasteiger charge is 2.19. The number of halogens is 1. The summed E-state index contributed by atoms with van der Waals surface area (Å²) in [7, 11) is -1.48. The van der Waals surface area contributed by atoms with Gasteiger partial charge in [0.15, 0.2) is 6.79 Å². The molecule has 3 rings (SSSR count). The topological polar surface area (TPSA) is 64.6 Å². The molecule has 2 aromatic rings. The zero-order valence-electron chi connectivity index (χ0n) is 12.8. The van der Waals surface area contributed by atoms with Gasteiger partial charge in [-0.1, -0.05) is 18.2 Å². The summed E-state index contributed by atoms with van der Waals surface area (Å²) in [5.41, 5.74) is 1.71. The summed E-state index contributed by atoms with van der Waals surface area (Å²) in [6, 6.07) is 11.6. The van der Waals surface area contributed by atoms with Gasteiger partial charge >= 0.3 is 0 Å². The lowest BCUT2D eigenvalue weighted by Crippen LogP contribution is -2.21. The van der Waals surface area contributed by atoms with Gasteiger partial charge in [0.25, 0.3) is 0 Å². The van der Waals surface area contributed by atoms with Gasteiger partial charge < -0.3 is 14.8 Å². The Kier molecular flexibility index (Phi) is 5.22. The minimum absolute atomic E-state index is 0.0440. The van der Waals surface area contributed by atoms with Crippen molar-refractivity contribution in [3.63, 3.8) is 0 Å². The molecule has 7 heteroatoms. The first-order valence-corrected chi connectivity index (χ1v) is 8.82. The second kappa shape index (κ2) is 7.55. The lowest BCUT2D eigenvalue weighted by molar-refractivity contribution is -0.113. The number of ether oxygens (including phenoxy) is 2. The Labute approximate surface area is 141 Å². The van der Waals surface area contributed by atoms with E-state index in [4.69, 9.17) is 9.47 Å². The van der Waals surface area contributed by atoms with Crippen molar-refractivity contribution in [3.8, 4) is 5.75 Å². The Balaban J connectivity index is 1.65. The van der Waals surface area contributed by atoms with Gasteiger partial charge in [0.1, 0.15) is 17.3 Å². The molecular weight excluding hydrogens is 333 g/mol. The van der Waals surface area contributed by atoms with Crippen molar-refractivity contribution in [2.24, 2.45) is 0 Å². The molecule has 1 aliphatic rings. The minimum atomic E-state index is -1.48. The molecule has 5 nitrogen and oxygen atoms in total. The third kappa shape index (κ3) is 4.18. The van der Waals surface area contributed by atoms with Gasteiger partial charge in [-0.3, -0.25) is 9.00 Å². The second-order valence-electron chi connectivity index (χ2n) is 5.31. The third-order valence-electron chi connectivity index (χ3n) is 3.42. The van der Waals surface area contributed by atoms with Gasteiger partial charge in [0, 0.05) is 27.6 Å². The van der Waals surface area contributed by atoms with Gasteiger partial charge in [-0.15, -0.1) is 0 Å². The number of hydrogen-bond donors (Lipinski definition) is 1. The molecule has 0 fully saturated rings. The maximum Gasteiger partial charge on any atom is 0.237 e. The van der Waals surface area contributed by atoms with Crippen LogP contribution in [0.25, 0.3) is 0 Å². The molecule has 2 aromatic carbocycles. The highest BCUT2D eigenvalue weighted by Crippen LogP contribution is 2.30.